The van der Waals surface area contributed by atoms with Crippen molar-refractivity contribution in [2.45, 2.75) is 34.1 Å². The van der Waals surface area contributed by atoms with Crippen LogP contribution >= 0.6 is 0 Å². The maximum absolute atomic E-state index is 5.41. The number of hydrogen-bond acceptors (Lipinski definition) is 5. The fraction of sp³-hybridized carbons (Fsp3) is 0.714. The Labute approximate surface area is 115 Å². The number of aryl methyl sites for hydroxylation is 1. The summed E-state index contributed by atoms with van der Waals surface area (Å²) in [7, 11) is 1.73. The van der Waals surface area contributed by atoms with Gasteiger partial charge in [-0.05, 0) is 25.7 Å². The topological polar surface area (TPSA) is 56.3 Å². The molecule has 0 saturated carbocycles. The van der Waals surface area contributed by atoms with Crippen molar-refractivity contribution in [3.8, 4) is 5.88 Å². The van der Waals surface area contributed by atoms with E-state index in [4.69, 9.17) is 9.47 Å². The third-order valence-electron chi connectivity index (χ3n) is 2.84. The van der Waals surface area contributed by atoms with E-state index in [1.165, 1.54) is 0 Å². The highest BCUT2D eigenvalue weighted by atomic mass is 16.5. The molecule has 0 aliphatic carbocycles. The summed E-state index contributed by atoms with van der Waals surface area (Å²) in [6.07, 6.45) is 0.999. The predicted molar refractivity (Wildman–Crippen MR) is 76.7 cm³/mol. The first-order valence-electron chi connectivity index (χ1n) is 6.68. The van der Waals surface area contributed by atoms with E-state index in [1.807, 2.05) is 19.9 Å². The lowest BCUT2D eigenvalue weighted by Gasteiger charge is -2.25. The molecule has 0 radical (unpaired) electrons. The van der Waals surface area contributed by atoms with Gasteiger partial charge in [-0.1, -0.05) is 13.8 Å². The van der Waals surface area contributed by atoms with Gasteiger partial charge >= 0.3 is 0 Å². The third-order valence-corrected chi connectivity index (χ3v) is 2.84. The molecular weight excluding hydrogens is 242 g/mol. The minimum absolute atomic E-state index is 0.153. The van der Waals surface area contributed by atoms with Crippen LogP contribution in [0.1, 0.15) is 33.0 Å². The SMILES string of the molecule is CCOc1cc(NCC(C)(C)CCOC)nc(C)n1. The second-order valence-electron chi connectivity index (χ2n) is 5.33. The van der Waals surface area contributed by atoms with E-state index in [0.29, 0.717) is 18.3 Å². The smallest absolute Gasteiger partial charge is 0.218 e. The quantitative estimate of drug-likeness (QED) is 0.784. The summed E-state index contributed by atoms with van der Waals surface area (Å²) < 4.78 is 10.5. The summed E-state index contributed by atoms with van der Waals surface area (Å²) in [5.41, 5.74) is 0.153. The maximum atomic E-state index is 5.41. The average Bonchev–Trinajstić information content (AvgIpc) is 2.34. The van der Waals surface area contributed by atoms with Gasteiger partial charge in [-0.3, -0.25) is 0 Å². The summed E-state index contributed by atoms with van der Waals surface area (Å²) >= 11 is 0. The average molecular weight is 267 g/mol. The van der Waals surface area contributed by atoms with Crippen LogP contribution in [0.4, 0.5) is 5.82 Å². The lowest BCUT2D eigenvalue weighted by molar-refractivity contribution is 0.157. The molecule has 0 fully saturated rings. The first-order valence-corrected chi connectivity index (χ1v) is 6.68. The van der Waals surface area contributed by atoms with Crippen LogP contribution < -0.4 is 10.1 Å². The standard InChI is InChI=1S/C14H25N3O2/c1-6-19-13-9-12(16-11(2)17-13)15-10-14(3,4)7-8-18-5/h9H,6-8,10H2,1-5H3,(H,15,16,17). The van der Waals surface area contributed by atoms with Crippen LogP contribution in [-0.4, -0.2) is 36.8 Å². The Bertz CT molecular complexity index is 394. The van der Waals surface area contributed by atoms with E-state index in [0.717, 1.165) is 25.4 Å². The van der Waals surface area contributed by atoms with E-state index >= 15 is 0 Å². The van der Waals surface area contributed by atoms with Crippen molar-refractivity contribution in [1.29, 1.82) is 0 Å². The number of methoxy groups -OCH3 is 1. The molecule has 1 aromatic rings. The van der Waals surface area contributed by atoms with Gasteiger partial charge in [0.2, 0.25) is 5.88 Å². The Morgan fingerprint density at radius 2 is 2.05 bits per heavy atom. The van der Waals surface area contributed by atoms with E-state index in [-0.39, 0.29) is 5.41 Å². The van der Waals surface area contributed by atoms with Crippen molar-refractivity contribution < 1.29 is 9.47 Å². The van der Waals surface area contributed by atoms with E-state index in [1.54, 1.807) is 7.11 Å². The number of hydrogen-bond donors (Lipinski definition) is 1. The molecule has 1 heterocycles. The minimum atomic E-state index is 0.153. The fourth-order valence-corrected chi connectivity index (χ4v) is 1.65. The van der Waals surface area contributed by atoms with Crippen LogP contribution in [0.3, 0.4) is 0 Å². The highest BCUT2D eigenvalue weighted by Crippen LogP contribution is 2.21. The summed E-state index contributed by atoms with van der Waals surface area (Å²) in [6.45, 7) is 10.4. The van der Waals surface area contributed by atoms with Gasteiger partial charge in [0.05, 0.1) is 6.61 Å². The van der Waals surface area contributed by atoms with Crippen LogP contribution in [0.15, 0.2) is 6.07 Å². The molecule has 5 heteroatoms. The second-order valence-corrected chi connectivity index (χ2v) is 5.33. The zero-order valence-corrected chi connectivity index (χ0v) is 12.6. The summed E-state index contributed by atoms with van der Waals surface area (Å²) in [4.78, 5) is 8.59. The van der Waals surface area contributed by atoms with Crippen molar-refractivity contribution in [3.63, 3.8) is 0 Å². The van der Waals surface area contributed by atoms with Gasteiger partial charge in [0.25, 0.3) is 0 Å². The Kier molecular flexibility index (Phi) is 6.02. The number of ether oxygens (including phenoxy) is 2. The Balaban J connectivity index is 2.61. The fourth-order valence-electron chi connectivity index (χ4n) is 1.65. The van der Waals surface area contributed by atoms with E-state index in [2.05, 4.69) is 29.1 Å². The van der Waals surface area contributed by atoms with Crippen molar-refractivity contribution >= 4 is 5.82 Å². The van der Waals surface area contributed by atoms with Crippen LogP contribution in [0.2, 0.25) is 0 Å². The largest absolute Gasteiger partial charge is 0.478 e. The molecule has 108 valence electrons. The molecule has 1 N–H and O–H groups in total. The molecule has 1 rings (SSSR count). The number of nitrogens with one attached hydrogen (secondary N) is 1. The summed E-state index contributed by atoms with van der Waals surface area (Å²) in [5.74, 6) is 2.14. The molecule has 0 saturated heterocycles. The first kappa shape index (κ1) is 15.7. The van der Waals surface area contributed by atoms with Crippen LogP contribution in [0, 0.1) is 12.3 Å². The highest BCUT2D eigenvalue weighted by molar-refractivity contribution is 5.38. The Morgan fingerprint density at radius 3 is 2.68 bits per heavy atom. The zero-order valence-electron chi connectivity index (χ0n) is 12.6. The molecular formula is C14H25N3O2. The molecule has 0 unspecified atom stereocenters. The normalized spacial score (nSPS) is 11.4. The zero-order chi connectivity index (χ0) is 14.3. The lowest BCUT2D eigenvalue weighted by atomic mass is 9.90. The van der Waals surface area contributed by atoms with Crippen molar-refractivity contribution in [1.82, 2.24) is 9.97 Å². The van der Waals surface area contributed by atoms with Crippen molar-refractivity contribution in [2.24, 2.45) is 5.41 Å². The molecule has 0 aliphatic rings. The van der Waals surface area contributed by atoms with Crippen LogP contribution in [-0.2, 0) is 4.74 Å². The Hall–Kier alpha value is -1.36. The molecule has 5 nitrogen and oxygen atoms in total. The van der Waals surface area contributed by atoms with Gasteiger partial charge in [-0.25, -0.2) is 4.98 Å². The van der Waals surface area contributed by atoms with Crippen molar-refractivity contribution in [2.75, 3.05) is 32.2 Å². The monoisotopic (exact) mass is 267 g/mol. The molecule has 0 bridgehead atoms. The molecule has 0 amide bonds. The number of nitrogens with zero attached hydrogens (tertiary/aromatic N) is 2. The van der Waals surface area contributed by atoms with Crippen LogP contribution in [0.25, 0.3) is 0 Å². The van der Waals surface area contributed by atoms with Gasteiger partial charge in [0, 0.05) is 26.3 Å². The molecule has 0 atom stereocenters. The lowest BCUT2D eigenvalue weighted by Crippen LogP contribution is -2.25. The van der Waals surface area contributed by atoms with Crippen LogP contribution in [0.5, 0.6) is 5.88 Å². The van der Waals surface area contributed by atoms with Gasteiger partial charge in [-0.15, -0.1) is 0 Å². The molecule has 0 spiro atoms. The Morgan fingerprint density at radius 1 is 1.32 bits per heavy atom. The van der Waals surface area contributed by atoms with Gasteiger partial charge < -0.3 is 14.8 Å². The second kappa shape index (κ2) is 7.28. The third kappa shape index (κ3) is 5.87. The molecule has 1 aromatic heterocycles. The highest BCUT2D eigenvalue weighted by Gasteiger charge is 2.17. The van der Waals surface area contributed by atoms with E-state index < -0.39 is 0 Å². The molecule has 19 heavy (non-hydrogen) atoms. The number of aromatic nitrogens is 2. The maximum Gasteiger partial charge on any atom is 0.218 e. The summed E-state index contributed by atoms with van der Waals surface area (Å²) in [5, 5.41) is 3.35. The summed E-state index contributed by atoms with van der Waals surface area (Å²) in [6, 6.07) is 1.84. The van der Waals surface area contributed by atoms with E-state index in [9.17, 15) is 0 Å². The van der Waals surface area contributed by atoms with Gasteiger partial charge in [0.15, 0.2) is 0 Å². The van der Waals surface area contributed by atoms with Crippen molar-refractivity contribution in [3.05, 3.63) is 11.9 Å². The predicted octanol–water partition coefficient (Wildman–Crippen LogP) is 2.66. The number of rotatable bonds is 8. The molecule has 0 aliphatic heterocycles. The minimum Gasteiger partial charge on any atom is -0.478 e. The van der Waals surface area contributed by atoms with Gasteiger partial charge in [-0.2, -0.15) is 4.98 Å². The van der Waals surface area contributed by atoms with Gasteiger partial charge in [0.1, 0.15) is 11.6 Å². The molecule has 0 aromatic carbocycles. The number of anilines is 1. The first-order chi connectivity index (χ1) is 8.96.